The number of carbonyl (C=O) groups excluding carboxylic acids is 5. The van der Waals surface area contributed by atoms with Gasteiger partial charge in [0.05, 0.1) is 33.7 Å². The molecule has 4 atom stereocenters. The van der Waals surface area contributed by atoms with Crippen molar-refractivity contribution in [3.05, 3.63) is 76.3 Å². The lowest BCUT2D eigenvalue weighted by molar-refractivity contribution is -0.125. The van der Waals surface area contributed by atoms with Crippen molar-refractivity contribution in [1.29, 1.82) is 0 Å². The quantitative estimate of drug-likeness (QED) is 0.278. The Bertz CT molecular complexity index is 1340. The summed E-state index contributed by atoms with van der Waals surface area (Å²) in [5.41, 5.74) is 6.04. The molecule has 2 aromatic rings. The van der Waals surface area contributed by atoms with E-state index >= 15 is 0 Å². The van der Waals surface area contributed by atoms with E-state index in [2.05, 4.69) is 16.9 Å². The highest BCUT2D eigenvalue weighted by Gasteiger charge is 2.60. The van der Waals surface area contributed by atoms with Crippen molar-refractivity contribution in [1.82, 2.24) is 10.9 Å². The fourth-order valence-corrected chi connectivity index (χ4v) is 5.61. The molecule has 184 valence electrons. The Kier molecular flexibility index (Phi) is 6.09. The molecule has 1 saturated carbocycles. The molecule has 10 heteroatoms. The lowest BCUT2D eigenvalue weighted by atomic mass is 9.82. The highest BCUT2D eigenvalue weighted by molar-refractivity contribution is 6.33. The van der Waals surface area contributed by atoms with Gasteiger partial charge in [-0.2, -0.15) is 0 Å². The summed E-state index contributed by atoms with van der Waals surface area (Å²) < 4.78 is 5.03. The summed E-state index contributed by atoms with van der Waals surface area (Å²) in [4.78, 5) is 64.1. The molecule has 1 aliphatic heterocycles. The second-order valence-corrected chi connectivity index (χ2v) is 9.50. The Labute approximate surface area is 211 Å². The molecule has 36 heavy (non-hydrogen) atoms. The van der Waals surface area contributed by atoms with Crippen molar-refractivity contribution >= 4 is 46.9 Å². The number of hydrogen-bond donors (Lipinski definition) is 2. The Balaban J connectivity index is 1.19. The monoisotopic (exact) mass is 507 g/mol. The number of hydrazine groups is 1. The van der Waals surface area contributed by atoms with E-state index in [-0.39, 0.29) is 51.6 Å². The van der Waals surface area contributed by atoms with Gasteiger partial charge < -0.3 is 4.74 Å². The molecule has 2 fully saturated rings. The van der Waals surface area contributed by atoms with Gasteiger partial charge in [0.1, 0.15) is 0 Å². The summed E-state index contributed by atoms with van der Waals surface area (Å²) >= 11 is 5.94. The lowest BCUT2D eigenvalue weighted by Gasteiger charge is -2.19. The van der Waals surface area contributed by atoms with Crippen molar-refractivity contribution < 1.29 is 28.7 Å². The van der Waals surface area contributed by atoms with Crippen LogP contribution in [0.3, 0.4) is 0 Å². The highest BCUT2D eigenvalue weighted by atomic mass is 35.5. The molecule has 1 saturated heterocycles. The maximum atomic E-state index is 13.1. The largest absolute Gasteiger partial charge is 0.452 e. The van der Waals surface area contributed by atoms with Crippen LogP contribution in [-0.2, 0) is 19.1 Å². The van der Waals surface area contributed by atoms with Crippen LogP contribution < -0.4 is 15.8 Å². The van der Waals surface area contributed by atoms with Crippen LogP contribution in [0.25, 0.3) is 0 Å². The number of nitrogens with one attached hydrogen (secondary N) is 2. The molecule has 2 aliphatic carbocycles. The van der Waals surface area contributed by atoms with Crippen molar-refractivity contribution in [2.45, 2.75) is 13.3 Å². The van der Waals surface area contributed by atoms with Gasteiger partial charge >= 0.3 is 5.97 Å². The van der Waals surface area contributed by atoms with Gasteiger partial charge in [-0.3, -0.25) is 30.0 Å². The minimum absolute atomic E-state index is 0.0755. The van der Waals surface area contributed by atoms with Gasteiger partial charge in [-0.1, -0.05) is 41.4 Å². The number of hydrogen-bond acceptors (Lipinski definition) is 6. The summed E-state index contributed by atoms with van der Waals surface area (Å²) in [6.07, 6.45) is 2.93. The van der Waals surface area contributed by atoms with E-state index in [0.29, 0.717) is 5.69 Å². The van der Waals surface area contributed by atoms with Crippen LogP contribution in [0.2, 0.25) is 5.02 Å². The SMILES string of the molecule is CC1=C[C@H]2C[C@H]1[C@@H]1C(=O)N(c3cccc(C(=O)OCC(=O)NNC(=O)c4ccccc4Cl)c3)C(=O)[C@@H]12. The Morgan fingerprint density at radius 1 is 1.03 bits per heavy atom. The fourth-order valence-electron chi connectivity index (χ4n) is 5.39. The second kappa shape index (κ2) is 9.23. The van der Waals surface area contributed by atoms with Crippen molar-refractivity contribution in [2.75, 3.05) is 11.5 Å². The number of benzene rings is 2. The Morgan fingerprint density at radius 3 is 2.56 bits per heavy atom. The maximum absolute atomic E-state index is 13.1. The number of anilines is 1. The number of halogens is 1. The maximum Gasteiger partial charge on any atom is 0.338 e. The molecular weight excluding hydrogens is 486 g/mol. The average molecular weight is 508 g/mol. The number of allylic oxidation sites excluding steroid dienone is 2. The summed E-state index contributed by atoms with van der Waals surface area (Å²) in [7, 11) is 0. The van der Waals surface area contributed by atoms with Crippen LogP contribution in [0.4, 0.5) is 5.69 Å². The van der Waals surface area contributed by atoms with Gasteiger partial charge in [-0.15, -0.1) is 0 Å². The fraction of sp³-hybridized carbons (Fsp3) is 0.269. The van der Waals surface area contributed by atoms with Crippen molar-refractivity contribution in [3.63, 3.8) is 0 Å². The molecule has 0 unspecified atom stereocenters. The zero-order valence-electron chi connectivity index (χ0n) is 19.2. The van der Waals surface area contributed by atoms with Crippen LogP contribution in [0, 0.1) is 23.7 Å². The van der Waals surface area contributed by atoms with Crippen molar-refractivity contribution in [3.8, 4) is 0 Å². The van der Waals surface area contributed by atoms with Gasteiger partial charge in [0.15, 0.2) is 6.61 Å². The van der Waals surface area contributed by atoms with Gasteiger partial charge in [-0.25, -0.2) is 9.69 Å². The number of ether oxygens (including phenoxy) is 1. The zero-order chi connectivity index (χ0) is 25.6. The minimum atomic E-state index is -0.818. The average Bonchev–Trinajstić information content (AvgIpc) is 3.51. The molecule has 4 amide bonds. The molecule has 0 aromatic heterocycles. The first-order chi connectivity index (χ1) is 17.3. The molecule has 2 aromatic carbocycles. The van der Waals surface area contributed by atoms with Gasteiger partial charge in [-0.05, 0) is 55.5 Å². The number of rotatable bonds is 5. The van der Waals surface area contributed by atoms with E-state index in [1.54, 1.807) is 24.3 Å². The van der Waals surface area contributed by atoms with E-state index in [1.165, 1.54) is 24.3 Å². The first kappa shape index (κ1) is 23.7. The first-order valence-corrected chi connectivity index (χ1v) is 11.8. The minimum Gasteiger partial charge on any atom is -0.452 e. The van der Waals surface area contributed by atoms with Crippen LogP contribution in [0.15, 0.2) is 60.2 Å². The number of esters is 1. The van der Waals surface area contributed by atoms with Crippen LogP contribution in [0.1, 0.15) is 34.1 Å². The second-order valence-electron chi connectivity index (χ2n) is 9.09. The van der Waals surface area contributed by atoms with E-state index in [9.17, 15) is 24.0 Å². The topological polar surface area (TPSA) is 122 Å². The van der Waals surface area contributed by atoms with Crippen LogP contribution in [0.5, 0.6) is 0 Å². The van der Waals surface area contributed by atoms with Crippen LogP contribution in [-0.4, -0.2) is 36.2 Å². The number of amides is 4. The Hall–Kier alpha value is -3.98. The van der Waals surface area contributed by atoms with E-state index in [1.807, 2.05) is 6.92 Å². The molecule has 0 radical (unpaired) electrons. The van der Waals surface area contributed by atoms with E-state index in [0.717, 1.165) is 16.9 Å². The molecule has 3 aliphatic rings. The van der Waals surface area contributed by atoms with Gasteiger partial charge in [0.25, 0.3) is 11.8 Å². The molecule has 1 heterocycles. The lowest BCUT2D eigenvalue weighted by Crippen LogP contribution is -2.43. The summed E-state index contributed by atoms with van der Waals surface area (Å²) in [5, 5.41) is 0.216. The molecule has 2 N–H and O–H groups in total. The van der Waals surface area contributed by atoms with Gasteiger partial charge in [0.2, 0.25) is 11.8 Å². The predicted octanol–water partition coefficient (Wildman–Crippen LogP) is 2.66. The number of fused-ring (bicyclic) bond motifs is 5. The number of imide groups is 1. The predicted molar refractivity (Wildman–Crippen MR) is 129 cm³/mol. The summed E-state index contributed by atoms with van der Waals surface area (Å²) in [5.74, 6) is -3.25. The van der Waals surface area contributed by atoms with Crippen molar-refractivity contribution in [2.24, 2.45) is 23.7 Å². The standard InChI is InChI=1S/C26H22ClN3O6/c1-13-9-15-11-18(13)22-21(15)24(33)30(25(22)34)16-6-4-5-14(10-16)26(35)36-12-20(31)28-29-23(32)17-7-2-3-8-19(17)27/h2-10,15,18,21-22H,11-12H2,1H3,(H,28,31)(H,29,32)/t15-,18+,21+,22-/m0/s1. The molecule has 9 nitrogen and oxygen atoms in total. The summed E-state index contributed by atoms with van der Waals surface area (Å²) in [6, 6.07) is 12.3. The third-order valence-corrected chi connectivity index (χ3v) is 7.32. The normalized spacial score (nSPS) is 23.8. The molecule has 0 spiro atoms. The first-order valence-electron chi connectivity index (χ1n) is 11.4. The van der Waals surface area contributed by atoms with E-state index < -0.39 is 24.4 Å². The number of nitrogens with zero attached hydrogens (tertiary/aromatic N) is 1. The third kappa shape index (κ3) is 4.05. The zero-order valence-corrected chi connectivity index (χ0v) is 20.0. The highest BCUT2D eigenvalue weighted by Crippen LogP contribution is 2.55. The third-order valence-electron chi connectivity index (χ3n) is 6.99. The van der Waals surface area contributed by atoms with Gasteiger partial charge in [0, 0.05) is 0 Å². The molecular formula is C26H22ClN3O6. The number of carbonyl (C=O) groups is 5. The van der Waals surface area contributed by atoms with E-state index in [4.69, 9.17) is 16.3 Å². The van der Waals surface area contributed by atoms with Crippen LogP contribution >= 0.6 is 11.6 Å². The Morgan fingerprint density at radius 2 is 1.78 bits per heavy atom. The smallest absolute Gasteiger partial charge is 0.338 e. The summed E-state index contributed by atoms with van der Waals surface area (Å²) in [6.45, 7) is 1.34. The molecule has 5 rings (SSSR count). The molecule has 2 bridgehead atoms.